The molecule has 0 spiro atoms. The van der Waals surface area contributed by atoms with E-state index in [1.54, 1.807) is 20.9 Å². The van der Waals surface area contributed by atoms with E-state index in [4.69, 9.17) is 0 Å². The van der Waals surface area contributed by atoms with Crippen molar-refractivity contribution in [3.8, 4) is 0 Å². The van der Waals surface area contributed by atoms with Gasteiger partial charge in [-0.3, -0.25) is 9.79 Å². The zero-order valence-corrected chi connectivity index (χ0v) is 17.1. The van der Waals surface area contributed by atoms with Crippen LogP contribution in [0.3, 0.4) is 0 Å². The Kier molecular flexibility index (Phi) is 5.46. The maximum atomic E-state index is 12.8. The molecule has 1 N–H and O–H groups in total. The van der Waals surface area contributed by atoms with Gasteiger partial charge >= 0.3 is 0 Å². The lowest BCUT2D eigenvalue weighted by Gasteiger charge is -2.39. The smallest absolute Gasteiger partial charge is 0.246 e. The predicted molar refractivity (Wildman–Crippen MR) is 108 cm³/mol. The lowest BCUT2D eigenvalue weighted by atomic mass is 10.0. The molecule has 0 atom stereocenters. The standard InChI is InChI=1S/C19H28N4O3S/c1-19(2)14-22(11-12-27(19,25)26)18(20-3)21-13-17(24)23-10-6-8-15-7-4-5-9-16(15)23/h4-5,7,9H,6,8,10-14H2,1-3H3,(H,20,21). The quantitative estimate of drug-likeness (QED) is 0.601. The molecule has 8 heteroatoms. The van der Waals surface area contributed by atoms with Crippen LogP contribution in [0.4, 0.5) is 5.69 Å². The number of nitrogens with zero attached hydrogens (tertiary/aromatic N) is 3. The van der Waals surface area contributed by atoms with Gasteiger partial charge in [0.2, 0.25) is 5.91 Å². The summed E-state index contributed by atoms with van der Waals surface area (Å²) in [6.45, 7) is 5.05. The number of amides is 1. The highest BCUT2D eigenvalue weighted by Crippen LogP contribution is 2.27. The molecule has 2 aliphatic rings. The number of sulfone groups is 1. The number of para-hydroxylation sites is 1. The van der Waals surface area contributed by atoms with Crippen molar-refractivity contribution in [1.82, 2.24) is 10.2 Å². The lowest BCUT2D eigenvalue weighted by Crippen LogP contribution is -2.58. The first-order valence-electron chi connectivity index (χ1n) is 9.31. The first-order chi connectivity index (χ1) is 12.7. The second-order valence-corrected chi connectivity index (χ2v) is 10.4. The summed E-state index contributed by atoms with van der Waals surface area (Å²) in [5.41, 5.74) is 2.18. The number of nitrogens with one attached hydrogen (secondary N) is 1. The monoisotopic (exact) mass is 392 g/mol. The van der Waals surface area contributed by atoms with E-state index >= 15 is 0 Å². The third kappa shape index (κ3) is 3.95. The van der Waals surface area contributed by atoms with E-state index in [0.29, 0.717) is 25.6 Å². The molecule has 0 aromatic heterocycles. The molecule has 7 nitrogen and oxygen atoms in total. The fourth-order valence-electron chi connectivity index (χ4n) is 3.70. The number of rotatable bonds is 2. The minimum atomic E-state index is -3.12. The summed E-state index contributed by atoms with van der Waals surface area (Å²) < 4.78 is 23.6. The van der Waals surface area contributed by atoms with Crippen molar-refractivity contribution in [1.29, 1.82) is 0 Å². The lowest BCUT2D eigenvalue weighted by molar-refractivity contribution is -0.117. The molecule has 1 aromatic rings. The normalized spacial score (nSPS) is 21.5. The number of aliphatic imine (C=N–C) groups is 1. The number of hydrogen-bond donors (Lipinski definition) is 1. The average molecular weight is 393 g/mol. The summed E-state index contributed by atoms with van der Waals surface area (Å²) in [7, 11) is -1.47. The van der Waals surface area contributed by atoms with Crippen LogP contribution < -0.4 is 10.2 Å². The number of hydrogen-bond acceptors (Lipinski definition) is 4. The maximum absolute atomic E-state index is 12.8. The van der Waals surface area contributed by atoms with Crippen LogP contribution in [-0.2, 0) is 21.1 Å². The number of anilines is 1. The van der Waals surface area contributed by atoms with Gasteiger partial charge in [-0.15, -0.1) is 0 Å². The summed E-state index contributed by atoms with van der Waals surface area (Å²) in [6.07, 6.45) is 1.95. The molecule has 1 aromatic carbocycles. The van der Waals surface area contributed by atoms with Crippen LogP contribution in [0.2, 0.25) is 0 Å². The summed E-state index contributed by atoms with van der Waals surface area (Å²) in [4.78, 5) is 20.8. The number of aryl methyl sites for hydroxylation is 1. The van der Waals surface area contributed by atoms with Crippen molar-refractivity contribution in [2.24, 2.45) is 4.99 Å². The highest BCUT2D eigenvalue weighted by Gasteiger charge is 2.41. The highest BCUT2D eigenvalue weighted by molar-refractivity contribution is 7.92. The Morgan fingerprint density at radius 3 is 2.70 bits per heavy atom. The Balaban J connectivity index is 1.65. The van der Waals surface area contributed by atoms with Gasteiger partial charge in [0.25, 0.3) is 0 Å². The minimum absolute atomic E-state index is 0.00723. The highest BCUT2D eigenvalue weighted by atomic mass is 32.2. The van der Waals surface area contributed by atoms with Crippen LogP contribution in [0.25, 0.3) is 0 Å². The molecule has 27 heavy (non-hydrogen) atoms. The predicted octanol–water partition coefficient (Wildman–Crippen LogP) is 1.05. The average Bonchev–Trinajstić information content (AvgIpc) is 2.64. The van der Waals surface area contributed by atoms with E-state index in [-0.39, 0.29) is 18.2 Å². The SMILES string of the molecule is CN=C(NCC(=O)N1CCCc2ccccc21)N1CCS(=O)(=O)C(C)(C)C1. The third-order valence-corrected chi connectivity index (χ3v) is 7.90. The van der Waals surface area contributed by atoms with Gasteiger partial charge in [-0.1, -0.05) is 18.2 Å². The van der Waals surface area contributed by atoms with Crippen LogP contribution in [0.15, 0.2) is 29.3 Å². The van der Waals surface area contributed by atoms with Gasteiger partial charge in [0, 0.05) is 32.4 Å². The number of benzene rings is 1. The van der Waals surface area contributed by atoms with E-state index in [9.17, 15) is 13.2 Å². The zero-order chi connectivity index (χ0) is 19.7. The Labute approximate surface area is 161 Å². The Bertz CT molecular complexity index is 848. The molecular weight excluding hydrogens is 364 g/mol. The fourth-order valence-corrected chi connectivity index (χ4v) is 5.07. The van der Waals surface area contributed by atoms with Crippen LogP contribution in [0, 0.1) is 0 Å². The van der Waals surface area contributed by atoms with Crippen LogP contribution >= 0.6 is 0 Å². The fraction of sp³-hybridized carbons (Fsp3) is 0.579. The van der Waals surface area contributed by atoms with Crippen molar-refractivity contribution in [3.05, 3.63) is 29.8 Å². The summed E-state index contributed by atoms with van der Waals surface area (Å²) in [5, 5.41) is 3.12. The Morgan fingerprint density at radius 1 is 1.26 bits per heavy atom. The van der Waals surface area contributed by atoms with E-state index in [2.05, 4.69) is 16.4 Å². The van der Waals surface area contributed by atoms with Gasteiger partial charge in [-0.05, 0) is 38.3 Å². The second-order valence-electron chi connectivity index (χ2n) is 7.68. The van der Waals surface area contributed by atoms with E-state index in [1.807, 2.05) is 28.0 Å². The number of carbonyl (C=O) groups excluding carboxylic acids is 1. The molecule has 2 aliphatic heterocycles. The third-order valence-electron chi connectivity index (χ3n) is 5.36. The molecule has 1 saturated heterocycles. The molecule has 3 rings (SSSR count). The van der Waals surface area contributed by atoms with Crippen molar-refractivity contribution in [2.75, 3.05) is 43.9 Å². The van der Waals surface area contributed by atoms with E-state index < -0.39 is 14.6 Å². The van der Waals surface area contributed by atoms with E-state index in [0.717, 1.165) is 18.5 Å². The van der Waals surface area contributed by atoms with Crippen molar-refractivity contribution < 1.29 is 13.2 Å². The molecular formula is C19H28N4O3S. The van der Waals surface area contributed by atoms with Crippen molar-refractivity contribution in [2.45, 2.75) is 31.4 Å². The van der Waals surface area contributed by atoms with Crippen LogP contribution in [0.1, 0.15) is 25.8 Å². The van der Waals surface area contributed by atoms with Crippen LogP contribution in [0.5, 0.6) is 0 Å². The maximum Gasteiger partial charge on any atom is 0.246 e. The topological polar surface area (TPSA) is 82.1 Å². The molecule has 2 heterocycles. The molecule has 0 aliphatic carbocycles. The van der Waals surface area contributed by atoms with Gasteiger partial charge in [0.1, 0.15) is 0 Å². The Hall–Kier alpha value is -2.09. The largest absolute Gasteiger partial charge is 0.347 e. The molecule has 0 saturated carbocycles. The zero-order valence-electron chi connectivity index (χ0n) is 16.2. The minimum Gasteiger partial charge on any atom is -0.347 e. The number of guanidine groups is 1. The summed E-state index contributed by atoms with van der Waals surface area (Å²) >= 11 is 0. The second kappa shape index (κ2) is 7.50. The number of fused-ring (bicyclic) bond motifs is 1. The first-order valence-corrected chi connectivity index (χ1v) is 11.0. The summed E-state index contributed by atoms with van der Waals surface area (Å²) in [5.74, 6) is 0.650. The number of carbonyl (C=O) groups is 1. The van der Waals surface area contributed by atoms with Crippen molar-refractivity contribution >= 4 is 27.4 Å². The van der Waals surface area contributed by atoms with Gasteiger partial charge in [-0.25, -0.2) is 8.42 Å². The molecule has 1 fully saturated rings. The molecule has 1 amide bonds. The van der Waals surface area contributed by atoms with Gasteiger partial charge in [0.15, 0.2) is 15.8 Å². The van der Waals surface area contributed by atoms with Gasteiger partial charge < -0.3 is 15.1 Å². The van der Waals surface area contributed by atoms with Crippen molar-refractivity contribution in [3.63, 3.8) is 0 Å². The molecule has 0 bridgehead atoms. The first kappa shape index (κ1) is 19.7. The van der Waals surface area contributed by atoms with Gasteiger partial charge in [0.05, 0.1) is 17.0 Å². The van der Waals surface area contributed by atoms with Gasteiger partial charge in [-0.2, -0.15) is 0 Å². The molecule has 148 valence electrons. The molecule has 0 unspecified atom stereocenters. The van der Waals surface area contributed by atoms with E-state index in [1.165, 1.54) is 5.56 Å². The van der Waals surface area contributed by atoms with Crippen LogP contribution in [-0.4, -0.2) is 68.9 Å². The summed E-state index contributed by atoms with van der Waals surface area (Å²) in [6, 6.07) is 8.00. The Morgan fingerprint density at radius 2 is 2.00 bits per heavy atom. The molecule has 0 radical (unpaired) electrons.